The van der Waals surface area contributed by atoms with Crippen molar-refractivity contribution in [1.29, 1.82) is 0 Å². The Kier molecular flexibility index (Phi) is 5.45. The molecule has 4 nitrogen and oxygen atoms in total. The Balaban J connectivity index is 1.93. The van der Waals surface area contributed by atoms with E-state index >= 15 is 0 Å². The molecule has 0 aromatic heterocycles. The van der Waals surface area contributed by atoms with Gasteiger partial charge in [-0.1, -0.05) is 23.2 Å². The standard InChI is InChI=1S/C16H21Cl2NO3/c1-16(2,3)22-15(20)19-8-4-5-11(19)10-21-12-6-7-13(17)14(18)9-12/h6-7,9,11H,4-5,8,10H2,1-3H3/t11-/m0/s1. The Morgan fingerprint density at radius 3 is 2.68 bits per heavy atom. The highest BCUT2D eigenvalue weighted by Gasteiger charge is 2.32. The maximum Gasteiger partial charge on any atom is 0.410 e. The molecule has 1 saturated heterocycles. The van der Waals surface area contributed by atoms with Gasteiger partial charge in [0.05, 0.1) is 16.1 Å². The summed E-state index contributed by atoms with van der Waals surface area (Å²) < 4.78 is 11.2. The molecule has 122 valence electrons. The van der Waals surface area contributed by atoms with Gasteiger partial charge in [-0.3, -0.25) is 0 Å². The molecule has 0 N–H and O–H groups in total. The number of rotatable bonds is 3. The van der Waals surface area contributed by atoms with Crippen molar-refractivity contribution >= 4 is 29.3 Å². The number of carbonyl (C=O) groups excluding carboxylic acids is 1. The smallest absolute Gasteiger partial charge is 0.410 e. The highest BCUT2D eigenvalue weighted by molar-refractivity contribution is 6.42. The highest BCUT2D eigenvalue weighted by atomic mass is 35.5. The van der Waals surface area contributed by atoms with Crippen LogP contribution < -0.4 is 4.74 Å². The van der Waals surface area contributed by atoms with Crippen LogP contribution in [0.2, 0.25) is 10.0 Å². The molecule has 0 aliphatic carbocycles. The van der Waals surface area contributed by atoms with E-state index in [-0.39, 0.29) is 12.1 Å². The van der Waals surface area contributed by atoms with Gasteiger partial charge in [0.15, 0.2) is 0 Å². The van der Waals surface area contributed by atoms with E-state index in [1.807, 2.05) is 20.8 Å². The average Bonchev–Trinajstić information content (AvgIpc) is 2.87. The maximum absolute atomic E-state index is 12.2. The minimum atomic E-state index is -0.491. The largest absolute Gasteiger partial charge is 0.491 e. The number of carbonyl (C=O) groups is 1. The predicted octanol–water partition coefficient (Wildman–Crippen LogP) is 4.77. The summed E-state index contributed by atoms with van der Waals surface area (Å²) in [6, 6.07) is 5.15. The SMILES string of the molecule is CC(C)(C)OC(=O)N1CCC[C@H]1COc1ccc(Cl)c(Cl)c1. The van der Waals surface area contributed by atoms with E-state index in [0.717, 1.165) is 12.8 Å². The first kappa shape index (κ1) is 17.2. The van der Waals surface area contributed by atoms with Gasteiger partial charge in [0, 0.05) is 12.6 Å². The third-order valence-electron chi connectivity index (χ3n) is 3.34. The van der Waals surface area contributed by atoms with E-state index < -0.39 is 5.60 Å². The summed E-state index contributed by atoms with van der Waals surface area (Å²) in [7, 11) is 0. The van der Waals surface area contributed by atoms with Gasteiger partial charge in [0.2, 0.25) is 0 Å². The molecule has 1 aromatic carbocycles. The zero-order valence-electron chi connectivity index (χ0n) is 13.1. The molecule has 1 aliphatic heterocycles. The van der Waals surface area contributed by atoms with Gasteiger partial charge in [0.25, 0.3) is 0 Å². The van der Waals surface area contributed by atoms with Crippen LogP contribution in [-0.4, -0.2) is 35.8 Å². The lowest BCUT2D eigenvalue weighted by molar-refractivity contribution is 0.0187. The van der Waals surface area contributed by atoms with Crippen LogP contribution in [0.25, 0.3) is 0 Å². The van der Waals surface area contributed by atoms with Crippen LogP contribution in [0.3, 0.4) is 0 Å². The van der Waals surface area contributed by atoms with E-state index in [1.165, 1.54) is 0 Å². The van der Waals surface area contributed by atoms with E-state index in [1.54, 1.807) is 23.1 Å². The van der Waals surface area contributed by atoms with Gasteiger partial charge in [-0.15, -0.1) is 0 Å². The molecule has 0 unspecified atom stereocenters. The van der Waals surface area contributed by atoms with Crippen molar-refractivity contribution in [2.45, 2.75) is 45.3 Å². The number of likely N-dealkylation sites (tertiary alicyclic amines) is 1. The van der Waals surface area contributed by atoms with Crippen molar-refractivity contribution < 1.29 is 14.3 Å². The zero-order chi connectivity index (χ0) is 16.3. The van der Waals surface area contributed by atoms with E-state index in [0.29, 0.717) is 28.9 Å². The Hall–Kier alpha value is -1.13. The molecule has 1 fully saturated rings. The summed E-state index contributed by atoms with van der Waals surface area (Å²) in [5, 5.41) is 0.944. The lowest BCUT2D eigenvalue weighted by atomic mass is 10.2. The Morgan fingerprint density at radius 2 is 2.05 bits per heavy atom. The van der Waals surface area contributed by atoms with Gasteiger partial charge >= 0.3 is 6.09 Å². The summed E-state index contributed by atoms with van der Waals surface area (Å²) in [6.07, 6.45) is 1.57. The molecular weight excluding hydrogens is 325 g/mol. The number of halogens is 2. The second kappa shape index (κ2) is 6.97. The number of hydrogen-bond acceptors (Lipinski definition) is 3. The van der Waals surface area contributed by atoms with Crippen molar-refractivity contribution in [3.63, 3.8) is 0 Å². The number of ether oxygens (including phenoxy) is 2. The molecule has 6 heteroatoms. The normalized spacial score (nSPS) is 18.4. The first-order chi connectivity index (χ1) is 10.3. The van der Waals surface area contributed by atoms with Gasteiger partial charge in [-0.25, -0.2) is 4.79 Å². The molecule has 0 saturated carbocycles. The van der Waals surface area contributed by atoms with Gasteiger partial charge in [-0.2, -0.15) is 0 Å². The molecule has 22 heavy (non-hydrogen) atoms. The summed E-state index contributed by atoms with van der Waals surface area (Å²) in [5.41, 5.74) is -0.491. The second-order valence-corrected chi connectivity index (χ2v) is 7.17. The molecule has 1 aliphatic rings. The van der Waals surface area contributed by atoms with Crippen LogP contribution in [0, 0.1) is 0 Å². The Labute approximate surface area is 141 Å². The second-order valence-electron chi connectivity index (χ2n) is 6.36. The van der Waals surface area contributed by atoms with Crippen LogP contribution in [0.1, 0.15) is 33.6 Å². The third-order valence-corrected chi connectivity index (χ3v) is 4.08. The summed E-state index contributed by atoms with van der Waals surface area (Å²) in [5.74, 6) is 0.644. The van der Waals surface area contributed by atoms with Crippen LogP contribution in [0.5, 0.6) is 5.75 Å². The molecule has 0 radical (unpaired) electrons. The van der Waals surface area contributed by atoms with Crippen LogP contribution in [0.4, 0.5) is 4.79 Å². The monoisotopic (exact) mass is 345 g/mol. The van der Waals surface area contributed by atoms with Crippen molar-refractivity contribution in [2.75, 3.05) is 13.2 Å². The highest BCUT2D eigenvalue weighted by Crippen LogP contribution is 2.27. The molecule has 1 heterocycles. The Bertz CT molecular complexity index is 543. The first-order valence-corrected chi connectivity index (χ1v) is 8.09. The quantitative estimate of drug-likeness (QED) is 0.791. The average molecular weight is 346 g/mol. The summed E-state index contributed by atoms with van der Waals surface area (Å²) in [4.78, 5) is 13.9. The molecule has 1 atom stereocenters. The predicted molar refractivity (Wildman–Crippen MR) is 87.9 cm³/mol. The first-order valence-electron chi connectivity index (χ1n) is 7.34. The lowest BCUT2D eigenvalue weighted by Crippen LogP contribution is -2.42. The number of hydrogen-bond donors (Lipinski definition) is 0. The van der Waals surface area contributed by atoms with Crippen molar-refractivity contribution in [3.8, 4) is 5.75 Å². The fourth-order valence-electron chi connectivity index (χ4n) is 2.33. The molecule has 2 rings (SSSR count). The van der Waals surface area contributed by atoms with Crippen molar-refractivity contribution in [3.05, 3.63) is 28.2 Å². The molecule has 1 aromatic rings. The third kappa shape index (κ3) is 4.68. The minimum absolute atomic E-state index is 0.0179. The summed E-state index contributed by atoms with van der Waals surface area (Å²) >= 11 is 11.8. The fraction of sp³-hybridized carbons (Fsp3) is 0.562. The molecule has 1 amide bonds. The minimum Gasteiger partial charge on any atom is -0.491 e. The van der Waals surface area contributed by atoms with Crippen molar-refractivity contribution in [2.24, 2.45) is 0 Å². The number of amides is 1. The Morgan fingerprint density at radius 1 is 1.32 bits per heavy atom. The van der Waals surface area contributed by atoms with Gasteiger partial charge < -0.3 is 14.4 Å². The zero-order valence-corrected chi connectivity index (χ0v) is 14.6. The van der Waals surface area contributed by atoms with E-state index in [4.69, 9.17) is 32.7 Å². The molecule has 0 bridgehead atoms. The summed E-state index contributed by atoms with van der Waals surface area (Å²) in [6.45, 7) is 6.70. The van der Waals surface area contributed by atoms with E-state index in [9.17, 15) is 4.79 Å². The van der Waals surface area contributed by atoms with Gasteiger partial charge in [-0.05, 0) is 45.7 Å². The maximum atomic E-state index is 12.2. The topological polar surface area (TPSA) is 38.8 Å². The van der Waals surface area contributed by atoms with Crippen LogP contribution in [-0.2, 0) is 4.74 Å². The van der Waals surface area contributed by atoms with Crippen LogP contribution >= 0.6 is 23.2 Å². The molecular formula is C16H21Cl2NO3. The van der Waals surface area contributed by atoms with Crippen LogP contribution in [0.15, 0.2) is 18.2 Å². The number of nitrogens with zero attached hydrogens (tertiary/aromatic N) is 1. The van der Waals surface area contributed by atoms with Gasteiger partial charge in [0.1, 0.15) is 18.0 Å². The van der Waals surface area contributed by atoms with Crippen molar-refractivity contribution in [1.82, 2.24) is 4.90 Å². The lowest BCUT2D eigenvalue weighted by Gasteiger charge is -2.28. The molecule has 0 spiro atoms. The fourth-order valence-corrected chi connectivity index (χ4v) is 2.62. The van der Waals surface area contributed by atoms with E-state index in [2.05, 4.69) is 0 Å². The number of benzene rings is 1.